The zero-order chi connectivity index (χ0) is 20.3. The molecular formula is C28H28N2PtY. The predicted molar refractivity (Wildman–Crippen MR) is 129 cm³/mol. The second kappa shape index (κ2) is 9.88. The van der Waals surface area contributed by atoms with E-state index >= 15 is 0 Å². The largest absolute Gasteiger partial charge is 2.00 e. The molecule has 0 fully saturated rings. The molecule has 5 aromatic rings. The van der Waals surface area contributed by atoms with Crippen LogP contribution in [-0.2, 0) is 59.2 Å². The number of aromatic nitrogens is 2. The van der Waals surface area contributed by atoms with E-state index in [2.05, 4.69) is 98.7 Å². The molecule has 0 atom stereocenters. The zero-order valence-electron chi connectivity index (χ0n) is 19.6. The smallest absolute Gasteiger partial charge is 0.358 e. The Kier molecular flexibility index (Phi) is 8.31. The van der Waals surface area contributed by atoms with Crippen molar-refractivity contribution in [3.8, 4) is 11.1 Å². The Morgan fingerprint density at radius 2 is 1.62 bits per heavy atom. The fraction of sp³-hybridized carbons (Fsp3) is 0.214. The average molecular weight is 677 g/mol. The molecule has 0 aliphatic rings. The SMILES string of the molecule is Cc1cccc(C)c1-c1cc(C(C)(C)C)cc2c3ccc[c-]c3c3nccn3c12.[CH3-].[Pt+2].[Y]. The van der Waals surface area contributed by atoms with Crippen LogP contribution in [0.1, 0.15) is 37.5 Å². The summed E-state index contributed by atoms with van der Waals surface area (Å²) in [5.74, 6) is 0. The summed E-state index contributed by atoms with van der Waals surface area (Å²) in [6.07, 6.45) is 3.97. The van der Waals surface area contributed by atoms with E-state index in [1.807, 2.05) is 12.3 Å². The van der Waals surface area contributed by atoms with Crippen molar-refractivity contribution in [1.82, 2.24) is 9.38 Å². The van der Waals surface area contributed by atoms with Crippen molar-refractivity contribution >= 4 is 27.3 Å². The summed E-state index contributed by atoms with van der Waals surface area (Å²) >= 11 is 0. The monoisotopic (exact) mass is 676 g/mol. The summed E-state index contributed by atoms with van der Waals surface area (Å²) < 4.78 is 2.24. The van der Waals surface area contributed by atoms with E-state index in [9.17, 15) is 0 Å². The molecule has 0 spiro atoms. The molecule has 3 aromatic carbocycles. The summed E-state index contributed by atoms with van der Waals surface area (Å²) in [6, 6.07) is 21.0. The van der Waals surface area contributed by atoms with Crippen LogP contribution >= 0.6 is 0 Å². The molecule has 0 saturated carbocycles. The van der Waals surface area contributed by atoms with Crippen molar-refractivity contribution in [1.29, 1.82) is 0 Å². The first-order chi connectivity index (χ1) is 13.9. The molecule has 0 bridgehead atoms. The zero-order valence-corrected chi connectivity index (χ0v) is 24.7. The maximum absolute atomic E-state index is 4.68. The van der Waals surface area contributed by atoms with Crippen LogP contribution in [0, 0.1) is 27.3 Å². The maximum atomic E-state index is 4.68. The first-order valence-electron chi connectivity index (χ1n) is 10.2. The molecule has 2 heterocycles. The number of pyridine rings is 1. The molecule has 1 radical (unpaired) electrons. The maximum Gasteiger partial charge on any atom is 2.00 e. The molecule has 0 N–H and O–H groups in total. The van der Waals surface area contributed by atoms with Crippen LogP contribution in [0.3, 0.4) is 0 Å². The molecule has 2 nitrogen and oxygen atoms in total. The fourth-order valence-electron chi connectivity index (χ4n) is 4.48. The third kappa shape index (κ3) is 4.27. The number of hydrogen-bond acceptors (Lipinski definition) is 1. The normalized spacial score (nSPS) is 11.2. The molecule has 0 aliphatic carbocycles. The quantitative estimate of drug-likeness (QED) is 0.133. The Hall–Kier alpha value is -1.34. The van der Waals surface area contributed by atoms with Crippen molar-refractivity contribution in [2.45, 2.75) is 40.0 Å². The standard InChI is InChI=1S/C27H25N2.CH3.Pt.Y/c1-17-9-8-10-18(2)24(17)23-16-19(27(3,4)5)15-22-20-11-6-7-12-21(20)26-28-13-14-29(26)25(22)23;;;/h6-11,13-16H,1-5H3;1H3;;/q2*-1;+2;. The van der Waals surface area contributed by atoms with E-state index in [0.717, 1.165) is 11.0 Å². The van der Waals surface area contributed by atoms with E-state index in [0.29, 0.717) is 0 Å². The van der Waals surface area contributed by atoms with Crippen LogP contribution in [0.15, 0.2) is 60.9 Å². The van der Waals surface area contributed by atoms with Gasteiger partial charge in [0.1, 0.15) is 0 Å². The minimum absolute atomic E-state index is 0. The molecule has 0 unspecified atom stereocenters. The number of imidazole rings is 1. The van der Waals surface area contributed by atoms with Gasteiger partial charge < -0.3 is 11.8 Å². The summed E-state index contributed by atoms with van der Waals surface area (Å²) in [6.45, 7) is 11.3. The van der Waals surface area contributed by atoms with Gasteiger partial charge in [-0.3, -0.25) is 4.98 Å². The van der Waals surface area contributed by atoms with Crippen molar-refractivity contribution < 1.29 is 53.8 Å². The van der Waals surface area contributed by atoms with Gasteiger partial charge in [0.25, 0.3) is 0 Å². The van der Waals surface area contributed by atoms with Gasteiger partial charge in [-0.15, -0.1) is 29.7 Å². The van der Waals surface area contributed by atoms with Crippen LogP contribution in [0.5, 0.6) is 0 Å². The molecule has 0 amide bonds. The Bertz CT molecular complexity index is 1390. The molecule has 2 aromatic heterocycles. The van der Waals surface area contributed by atoms with E-state index in [1.165, 1.54) is 44.1 Å². The molecule has 163 valence electrons. The van der Waals surface area contributed by atoms with Crippen LogP contribution in [0.25, 0.3) is 38.4 Å². The van der Waals surface area contributed by atoms with E-state index < -0.39 is 0 Å². The third-order valence-electron chi connectivity index (χ3n) is 5.98. The molecule has 32 heavy (non-hydrogen) atoms. The molecule has 0 aliphatic heterocycles. The number of aryl methyl sites for hydroxylation is 2. The Balaban J connectivity index is 0.00000121. The van der Waals surface area contributed by atoms with Gasteiger partial charge in [-0.1, -0.05) is 50.4 Å². The Morgan fingerprint density at radius 3 is 2.28 bits per heavy atom. The van der Waals surface area contributed by atoms with Gasteiger partial charge in [0, 0.05) is 56.2 Å². The van der Waals surface area contributed by atoms with Crippen LogP contribution < -0.4 is 0 Å². The van der Waals surface area contributed by atoms with Crippen molar-refractivity contribution in [2.75, 3.05) is 0 Å². The van der Waals surface area contributed by atoms with Crippen LogP contribution in [0.2, 0.25) is 0 Å². The average Bonchev–Trinajstić information content (AvgIpc) is 3.17. The number of fused-ring (bicyclic) bond motifs is 6. The van der Waals surface area contributed by atoms with Crippen LogP contribution in [0.4, 0.5) is 0 Å². The Morgan fingerprint density at radius 1 is 0.938 bits per heavy atom. The van der Waals surface area contributed by atoms with E-state index in [-0.39, 0.29) is 66.6 Å². The minimum atomic E-state index is 0. The second-order valence-corrected chi connectivity index (χ2v) is 9.02. The first kappa shape index (κ1) is 26.9. The Labute approximate surface area is 231 Å². The molecular weight excluding hydrogens is 648 g/mol. The first-order valence-corrected chi connectivity index (χ1v) is 10.2. The second-order valence-electron chi connectivity index (χ2n) is 9.02. The van der Waals surface area contributed by atoms with Gasteiger partial charge in [0.2, 0.25) is 0 Å². The summed E-state index contributed by atoms with van der Waals surface area (Å²) in [4.78, 5) is 4.68. The van der Waals surface area contributed by atoms with Gasteiger partial charge >= 0.3 is 21.1 Å². The fourth-order valence-corrected chi connectivity index (χ4v) is 4.48. The predicted octanol–water partition coefficient (Wildman–Crippen LogP) is 7.47. The van der Waals surface area contributed by atoms with Crippen molar-refractivity contribution in [3.05, 3.63) is 91.1 Å². The number of hydrogen-bond donors (Lipinski definition) is 0. The topological polar surface area (TPSA) is 17.3 Å². The van der Waals surface area contributed by atoms with Crippen molar-refractivity contribution in [2.24, 2.45) is 0 Å². The van der Waals surface area contributed by atoms with E-state index in [1.54, 1.807) is 0 Å². The number of nitrogens with zero attached hydrogens (tertiary/aromatic N) is 2. The van der Waals surface area contributed by atoms with Crippen molar-refractivity contribution in [3.63, 3.8) is 0 Å². The van der Waals surface area contributed by atoms with Gasteiger partial charge in [-0.2, -0.15) is 0 Å². The molecule has 0 saturated heterocycles. The third-order valence-corrected chi connectivity index (χ3v) is 5.98. The summed E-state index contributed by atoms with van der Waals surface area (Å²) in [5, 5.41) is 3.54. The molecule has 5 rings (SSSR count). The minimum Gasteiger partial charge on any atom is -0.358 e. The van der Waals surface area contributed by atoms with Gasteiger partial charge in [-0.25, -0.2) is 0 Å². The number of benzene rings is 3. The van der Waals surface area contributed by atoms with Gasteiger partial charge in [-0.05, 0) is 53.0 Å². The van der Waals surface area contributed by atoms with Gasteiger partial charge in [0.05, 0.1) is 5.65 Å². The van der Waals surface area contributed by atoms with Gasteiger partial charge in [0.15, 0.2) is 0 Å². The van der Waals surface area contributed by atoms with Crippen LogP contribution in [-0.4, -0.2) is 9.38 Å². The summed E-state index contributed by atoms with van der Waals surface area (Å²) in [5.41, 5.74) is 8.76. The summed E-state index contributed by atoms with van der Waals surface area (Å²) in [7, 11) is 0. The van der Waals surface area contributed by atoms with E-state index in [4.69, 9.17) is 0 Å². The molecule has 4 heteroatoms. The number of rotatable bonds is 1.